The van der Waals surface area contributed by atoms with Crippen molar-refractivity contribution in [1.29, 1.82) is 0 Å². The van der Waals surface area contributed by atoms with Gasteiger partial charge < -0.3 is 15.7 Å². The zero-order valence-corrected chi connectivity index (χ0v) is 12.9. The second-order valence-electron chi connectivity index (χ2n) is 4.72. The maximum absolute atomic E-state index is 11.6. The standard InChI is InChI=1S/C14H19BrN2O3/c1-10(5-6-13(18)19)7-8-16-14(20)17-12-4-2-3-11(15)9-12/h2-4,9-10H,5-8H2,1H3,(H,18,19)(H2,16,17,20). The number of hydrogen-bond donors (Lipinski definition) is 3. The van der Waals surface area contributed by atoms with Crippen LogP contribution >= 0.6 is 15.9 Å². The summed E-state index contributed by atoms with van der Waals surface area (Å²) >= 11 is 3.33. The van der Waals surface area contributed by atoms with Gasteiger partial charge in [-0.05, 0) is 37.0 Å². The van der Waals surface area contributed by atoms with Gasteiger partial charge in [0.25, 0.3) is 0 Å². The zero-order chi connectivity index (χ0) is 15.0. The number of benzene rings is 1. The summed E-state index contributed by atoms with van der Waals surface area (Å²) < 4.78 is 0.901. The molecule has 0 aliphatic rings. The molecule has 5 nitrogen and oxygen atoms in total. The number of anilines is 1. The van der Waals surface area contributed by atoms with Crippen LogP contribution in [0.15, 0.2) is 28.7 Å². The van der Waals surface area contributed by atoms with Crippen LogP contribution in [0, 0.1) is 5.92 Å². The molecule has 3 N–H and O–H groups in total. The Labute approximate surface area is 126 Å². The first-order valence-electron chi connectivity index (χ1n) is 6.49. The number of halogens is 1. The number of carboxylic acid groups (broad SMARTS) is 1. The molecule has 1 unspecified atom stereocenters. The first-order valence-corrected chi connectivity index (χ1v) is 7.29. The van der Waals surface area contributed by atoms with Crippen LogP contribution < -0.4 is 10.6 Å². The number of hydrogen-bond acceptors (Lipinski definition) is 2. The molecular formula is C14H19BrN2O3. The molecule has 1 rings (SSSR count). The number of amides is 2. The van der Waals surface area contributed by atoms with Crippen LogP contribution in [-0.2, 0) is 4.79 Å². The second kappa shape index (κ2) is 8.58. The molecule has 0 saturated heterocycles. The molecule has 6 heteroatoms. The largest absolute Gasteiger partial charge is 0.481 e. The van der Waals surface area contributed by atoms with E-state index in [0.29, 0.717) is 13.0 Å². The number of carbonyl (C=O) groups excluding carboxylic acids is 1. The van der Waals surface area contributed by atoms with Crippen LogP contribution in [-0.4, -0.2) is 23.7 Å². The second-order valence-corrected chi connectivity index (χ2v) is 5.63. The van der Waals surface area contributed by atoms with Gasteiger partial charge in [-0.1, -0.05) is 28.9 Å². The van der Waals surface area contributed by atoms with Crippen LogP contribution in [0.5, 0.6) is 0 Å². The zero-order valence-electron chi connectivity index (χ0n) is 11.4. The Morgan fingerprint density at radius 1 is 1.35 bits per heavy atom. The molecule has 0 aliphatic heterocycles. The van der Waals surface area contributed by atoms with Crippen LogP contribution in [0.25, 0.3) is 0 Å². The summed E-state index contributed by atoms with van der Waals surface area (Å²) in [7, 11) is 0. The highest BCUT2D eigenvalue weighted by Gasteiger charge is 2.07. The Balaban J connectivity index is 2.21. The van der Waals surface area contributed by atoms with E-state index in [1.165, 1.54) is 0 Å². The summed E-state index contributed by atoms with van der Waals surface area (Å²) in [5.74, 6) is -0.505. The molecule has 1 aromatic rings. The van der Waals surface area contributed by atoms with E-state index in [2.05, 4.69) is 26.6 Å². The van der Waals surface area contributed by atoms with E-state index in [-0.39, 0.29) is 18.4 Å². The minimum atomic E-state index is -0.780. The molecule has 0 radical (unpaired) electrons. The number of carboxylic acids is 1. The molecule has 0 bridgehead atoms. The van der Waals surface area contributed by atoms with Crippen LogP contribution in [0.3, 0.4) is 0 Å². The van der Waals surface area contributed by atoms with E-state index in [1.807, 2.05) is 25.1 Å². The van der Waals surface area contributed by atoms with Gasteiger partial charge in [0, 0.05) is 23.1 Å². The highest BCUT2D eigenvalue weighted by atomic mass is 79.9. The number of nitrogens with one attached hydrogen (secondary N) is 2. The van der Waals surface area contributed by atoms with Crippen molar-refractivity contribution in [3.8, 4) is 0 Å². The summed E-state index contributed by atoms with van der Waals surface area (Å²) in [5.41, 5.74) is 0.718. The van der Waals surface area contributed by atoms with Gasteiger partial charge in [-0.3, -0.25) is 4.79 Å². The van der Waals surface area contributed by atoms with E-state index in [9.17, 15) is 9.59 Å². The molecule has 1 aromatic carbocycles. The molecule has 0 aromatic heterocycles. The third-order valence-corrected chi connectivity index (χ3v) is 3.35. The number of urea groups is 1. The minimum absolute atomic E-state index is 0.172. The van der Waals surface area contributed by atoms with Crippen molar-refractivity contribution in [2.24, 2.45) is 5.92 Å². The predicted molar refractivity (Wildman–Crippen MR) is 81.8 cm³/mol. The average molecular weight is 343 g/mol. The van der Waals surface area contributed by atoms with Crippen molar-refractivity contribution < 1.29 is 14.7 Å². The van der Waals surface area contributed by atoms with Crippen molar-refractivity contribution in [3.63, 3.8) is 0 Å². The fourth-order valence-corrected chi connectivity index (χ4v) is 2.09. The van der Waals surface area contributed by atoms with Gasteiger partial charge >= 0.3 is 12.0 Å². The molecule has 1 atom stereocenters. The van der Waals surface area contributed by atoms with Crippen molar-refractivity contribution >= 4 is 33.6 Å². The first kappa shape index (κ1) is 16.5. The topological polar surface area (TPSA) is 78.4 Å². The van der Waals surface area contributed by atoms with Gasteiger partial charge in [-0.15, -0.1) is 0 Å². The monoisotopic (exact) mass is 342 g/mol. The maximum atomic E-state index is 11.6. The quantitative estimate of drug-likeness (QED) is 0.709. The Bertz CT molecular complexity index is 465. The van der Waals surface area contributed by atoms with Gasteiger partial charge in [0.15, 0.2) is 0 Å². The Morgan fingerprint density at radius 2 is 2.10 bits per heavy atom. The summed E-state index contributed by atoms with van der Waals surface area (Å²) in [6, 6.07) is 7.09. The van der Waals surface area contributed by atoms with Gasteiger partial charge in [-0.25, -0.2) is 4.79 Å². The highest BCUT2D eigenvalue weighted by molar-refractivity contribution is 9.10. The lowest BCUT2D eigenvalue weighted by Crippen LogP contribution is -2.30. The minimum Gasteiger partial charge on any atom is -0.481 e. The molecule has 0 saturated carbocycles. The summed E-state index contributed by atoms with van der Waals surface area (Å²) in [5, 5.41) is 14.1. The molecule has 0 spiro atoms. The number of aliphatic carboxylic acids is 1. The maximum Gasteiger partial charge on any atom is 0.319 e. The van der Waals surface area contributed by atoms with E-state index in [1.54, 1.807) is 6.07 Å². The molecule has 20 heavy (non-hydrogen) atoms. The Kier molecular flexibility index (Phi) is 7.08. The lowest BCUT2D eigenvalue weighted by molar-refractivity contribution is -0.137. The van der Waals surface area contributed by atoms with Gasteiger partial charge in [0.2, 0.25) is 0 Å². The fraction of sp³-hybridized carbons (Fsp3) is 0.429. The SMILES string of the molecule is CC(CCNC(=O)Nc1cccc(Br)c1)CCC(=O)O. The highest BCUT2D eigenvalue weighted by Crippen LogP contribution is 2.15. The van der Waals surface area contributed by atoms with Gasteiger partial charge in [0.1, 0.15) is 0 Å². The molecular weight excluding hydrogens is 324 g/mol. The van der Waals surface area contributed by atoms with E-state index >= 15 is 0 Å². The Morgan fingerprint density at radius 3 is 2.75 bits per heavy atom. The molecule has 0 aliphatic carbocycles. The molecule has 110 valence electrons. The third kappa shape index (κ3) is 7.13. The lowest BCUT2D eigenvalue weighted by atomic mass is 10.0. The predicted octanol–water partition coefficient (Wildman–Crippen LogP) is 3.46. The van der Waals surface area contributed by atoms with Crippen molar-refractivity contribution in [1.82, 2.24) is 5.32 Å². The van der Waals surface area contributed by atoms with Crippen molar-refractivity contribution in [2.45, 2.75) is 26.2 Å². The average Bonchev–Trinajstić information content (AvgIpc) is 2.36. The van der Waals surface area contributed by atoms with E-state index in [4.69, 9.17) is 5.11 Å². The van der Waals surface area contributed by atoms with Gasteiger partial charge in [-0.2, -0.15) is 0 Å². The first-order chi connectivity index (χ1) is 9.47. The van der Waals surface area contributed by atoms with Crippen molar-refractivity contribution in [2.75, 3.05) is 11.9 Å². The van der Waals surface area contributed by atoms with E-state index < -0.39 is 5.97 Å². The number of rotatable bonds is 7. The van der Waals surface area contributed by atoms with Crippen molar-refractivity contribution in [3.05, 3.63) is 28.7 Å². The van der Waals surface area contributed by atoms with Gasteiger partial charge in [0.05, 0.1) is 0 Å². The Hall–Kier alpha value is -1.56. The summed E-state index contributed by atoms with van der Waals surface area (Å²) in [6.45, 7) is 2.51. The summed E-state index contributed by atoms with van der Waals surface area (Å²) in [4.78, 5) is 22.1. The van der Waals surface area contributed by atoms with Crippen LogP contribution in [0.4, 0.5) is 10.5 Å². The fourth-order valence-electron chi connectivity index (χ4n) is 1.69. The normalized spacial score (nSPS) is 11.7. The number of carbonyl (C=O) groups is 2. The molecule has 0 heterocycles. The smallest absolute Gasteiger partial charge is 0.319 e. The van der Waals surface area contributed by atoms with Crippen LogP contribution in [0.2, 0.25) is 0 Å². The van der Waals surface area contributed by atoms with E-state index in [0.717, 1.165) is 16.6 Å². The molecule has 2 amide bonds. The lowest BCUT2D eigenvalue weighted by Gasteiger charge is -2.11. The summed E-state index contributed by atoms with van der Waals surface area (Å²) in [6.07, 6.45) is 1.56. The third-order valence-electron chi connectivity index (χ3n) is 2.86. The molecule has 0 fully saturated rings. The van der Waals surface area contributed by atoms with Crippen LogP contribution in [0.1, 0.15) is 26.2 Å².